The Hall–Kier alpha value is -2.92. The number of hydrogen-bond acceptors (Lipinski definition) is 4. The minimum atomic E-state index is -0.511. The summed E-state index contributed by atoms with van der Waals surface area (Å²) in [5.74, 6) is 1.60. The van der Waals surface area contributed by atoms with E-state index in [9.17, 15) is 0 Å². The molecule has 0 aliphatic carbocycles. The highest BCUT2D eigenvalue weighted by molar-refractivity contribution is 7.81. The highest BCUT2D eigenvalue weighted by atomic mass is 32.1. The van der Waals surface area contributed by atoms with Gasteiger partial charge < -0.3 is 14.4 Å². The van der Waals surface area contributed by atoms with Crippen molar-refractivity contribution in [1.29, 1.82) is 0 Å². The second kappa shape index (κ2) is 7.00. The van der Waals surface area contributed by atoms with Crippen molar-refractivity contribution in [3.8, 4) is 11.5 Å². The van der Waals surface area contributed by atoms with Crippen LogP contribution < -0.4 is 14.4 Å². The SMILES string of the molecule is COc1ccc(N2C(=S)C(Oc3ccccc3)C2(C)c2ccccn2)cc1. The van der Waals surface area contributed by atoms with Gasteiger partial charge in [0.15, 0.2) is 6.10 Å². The van der Waals surface area contributed by atoms with Crippen LogP contribution in [0, 0.1) is 0 Å². The van der Waals surface area contributed by atoms with Crippen molar-refractivity contribution in [2.45, 2.75) is 18.6 Å². The predicted octanol–water partition coefficient (Wildman–Crippen LogP) is 4.60. The van der Waals surface area contributed by atoms with E-state index in [4.69, 9.17) is 21.7 Å². The Labute approximate surface area is 164 Å². The molecule has 0 radical (unpaired) electrons. The quantitative estimate of drug-likeness (QED) is 0.608. The van der Waals surface area contributed by atoms with Crippen LogP contribution in [-0.2, 0) is 5.54 Å². The molecule has 3 aromatic rings. The minimum absolute atomic E-state index is 0.285. The molecule has 0 spiro atoms. The monoisotopic (exact) mass is 376 g/mol. The van der Waals surface area contributed by atoms with Crippen LogP contribution in [0.1, 0.15) is 12.6 Å². The first-order valence-electron chi connectivity index (χ1n) is 8.76. The molecule has 4 nitrogen and oxygen atoms in total. The summed E-state index contributed by atoms with van der Waals surface area (Å²) in [5.41, 5.74) is 1.39. The number of rotatable bonds is 5. The van der Waals surface area contributed by atoms with E-state index in [1.54, 1.807) is 13.3 Å². The fraction of sp³-hybridized carbons (Fsp3) is 0.182. The van der Waals surface area contributed by atoms with E-state index in [1.807, 2.05) is 72.8 Å². The van der Waals surface area contributed by atoms with Crippen LogP contribution in [0.3, 0.4) is 0 Å². The van der Waals surface area contributed by atoms with E-state index in [2.05, 4.69) is 16.8 Å². The maximum Gasteiger partial charge on any atom is 0.178 e. The van der Waals surface area contributed by atoms with Crippen molar-refractivity contribution in [3.63, 3.8) is 0 Å². The first kappa shape index (κ1) is 17.5. The molecule has 4 rings (SSSR count). The minimum Gasteiger partial charge on any atom is -0.497 e. The summed E-state index contributed by atoms with van der Waals surface area (Å²) >= 11 is 5.76. The van der Waals surface area contributed by atoms with Gasteiger partial charge in [0.1, 0.15) is 22.0 Å². The van der Waals surface area contributed by atoms with Crippen molar-refractivity contribution in [2.75, 3.05) is 12.0 Å². The Kier molecular flexibility index (Phi) is 4.54. The summed E-state index contributed by atoms with van der Waals surface area (Å²) in [5, 5.41) is 0. The Morgan fingerprint density at radius 3 is 2.26 bits per heavy atom. The van der Waals surface area contributed by atoms with Crippen LogP contribution >= 0.6 is 12.2 Å². The maximum atomic E-state index is 6.28. The van der Waals surface area contributed by atoms with Crippen LogP contribution in [0.4, 0.5) is 5.69 Å². The third-order valence-corrected chi connectivity index (χ3v) is 5.33. The van der Waals surface area contributed by atoms with Gasteiger partial charge in [-0.15, -0.1) is 0 Å². The molecular weight excluding hydrogens is 356 g/mol. The van der Waals surface area contributed by atoms with Gasteiger partial charge in [-0.05, 0) is 55.5 Å². The number of pyridine rings is 1. The third-order valence-electron chi connectivity index (χ3n) is 4.93. The second-order valence-corrected chi connectivity index (χ2v) is 6.96. The number of methoxy groups -OCH3 is 1. The first-order chi connectivity index (χ1) is 13.1. The van der Waals surface area contributed by atoms with E-state index in [0.717, 1.165) is 27.9 Å². The molecule has 0 bridgehead atoms. The van der Waals surface area contributed by atoms with Crippen molar-refractivity contribution >= 4 is 22.9 Å². The Bertz CT molecular complexity index is 932. The highest BCUT2D eigenvalue weighted by Gasteiger charge is 2.58. The van der Waals surface area contributed by atoms with Crippen molar-refractivity contribution in [2.24, 2.45) is 0 Å². The lowest BCUT2D eigenvalue weighted by Crippen LogP contribution is -2.72. The van der Waals surface area contributed by atoms with E-state index < -0.39 is 5.54 Å². The van der Waals surface area contributed by atoms with Crippen LogP contribution in [0.2, 0.25) is 0 Å². The number of para-hydroxylation sites is 1. The second-order valence-electron chi connectivity index (χ2n) is 6.55. The molecular formula is C22H20N2O2S. The lowest BCUT2D eigenvalue weighted by atomic mass is 9.79. The zero-order valence-electron chi connectivity index (χ0n) is 15.2. The number of thiocarbonyl (C=S) groups is 1. The van der Waals surface area contributed by atoms with Gasteiger partial charge in [-0.2, -0.15) is 0 Å². The molecule has 1 aliphatic heterocycles. The fourth-order valence-corrected chi connectivity index (χ4v) is 4.05. The Morgan fingerprint density at radius 1 is 0.926 bits per heavy atom. The summed E-state index contributed by atoms with van der Waals surface area (Å²) < 4.78 is 11.6. The van der Waals surface area contributed by atoms with Gasteiger partial charge in [0.25, 0.3) is 0 Å². The summed E-state index contributed by atoms with van der Waals surface area (Å²) in [6.07, 6.45) is 1.51. The Morgan fingerprint density at radius 2 is 1.63 bits per heavy atom. The molecule has 0 N–H and O–H groups in total. The zero-order chi connectivity index (χ0) is 18.9. The molecule has 2 heterocycles. The molecule has 2 atom stereocenters. The van der Waals surface area contributed by atoms with E-state index >= 15 is 0 Å². The van der Waals surface area contributed by atoms with E-state index in [1.165, 1.54) is 0 Å². The summed E-state index contributed by atoms with van der Waals surface area (Å²) in [7, 11) is 1.66. The molecule has 2 aromatic carbocycles. The molecule has 1 saturated heterocycles. The maximum absolute atomic E-state index is 6.28. The molecule has 1 fully saturated rings. The van der Waals surface area contributed by atoms with Gasteiger partial charge in [0, 0.05) is 11.9 Å². The molecule has 0 saturated carbocycles. The molecule has 1 aliphatic rings. The summed E-state index contributed by atoms with van der Waals surface area (Å²) in [6.45, 7) is 2.11. The fourth-order valence-electron chi connectivity index (χ4n) is 3.48. The number of hydrogen-bond donors (Lipinski definition) is 0. The molecule has 1 aromatic heterocycles. The lowest BCUT2D eigenvalue weighted by molar-refractivity contribution is 0.141. The number of aromatic nitrogens is 1. The number of benzene rings is 2. The molecule has 0 amide bonds. The van der Waals surface area contributed by atoms with Gasteiger partial charge in [-0.3, -0.25) is 4.98 Å². The van der Waals surface area contributed by atoms with Crippen molar-refractivity contribution in [3.05, 3.63) is 84.7 Å². The van der Waals surface area contributed by atoms with Crippen molar-refractivity contribution < 1.29 is 9.47 Å². The van der Waals surface area contributed by atoms with Gasteiger partial charge in [0.2, 0.25) is 0 Å². The Balaban J connectivity index is 1.73. The first-order valence-corrected chi connectivity index (χ1v) is 9.17. The molecule has 136 valence electrons. The van der Waals surface area contributed by atoms with Gasteiger partial charge >= 0.3 is 0 Å². The topological polar surface area (TPSA) is 34.6 Å². The zero-order valence-corrected chi connectivity index (χ0v) is 16.0. The van der Waals surface area contributed by atoms with Crippen molar-refractivity contribution in [1.82, 2.24) is 4.98 Å². The lowest BCUT2D eigenvalue weighted by Gasteiger charge is -2.56. The molecule has 5 heteroatoms. The summed E-state index contributed by atoms with van der Waals surface area (Å²) in [4.78, 5) is 7.44. The third kappa shape index (κ3) is 2.94. The summed E-state index contributed by atoms with van der Waals surface area (Å²) in [6, 6.07) is 23.5. The van der Waals surface area contributed by atoms with Crippen LogP contribution in [0.15, 0.2) is 79.0 Å². The molecule has 2 unspecified atom stereocenters. The van der Waals surface area contributed by atoms with Gasteiger partial charge in [-0.1, -0.05) is 36.5 Å². The van der Waals surface area contributed by atoms with Crippen LogP contribution in [0.25, 0.3) is 0 Å². The molecule has 27 heavy (non-hydrogen) atoms. The largest absolute Gasteiger partial charge is 0.497 e. The number of anilines is 1. The highest BCUT2D eigenvalue weighted by Crippen LogP contribution is 2.46. The smallest absolute Gasteiger partial charge is 0.178 e. The van der Waals surface area contributed by atoms with E-state index in [0.29, 0.717) is 0 Å². The number of nitrogens with zero attached hydrogens (tertiary/aromatic N) is 2. The van der Waals surface area contributed by atoms with Gasteiger partial charge in [-0.25, -0.2) is 0 Å². The van der Waals surface area contributed by atoms with Crippen LogP contribution in [-0.4, -0.2) is 23.2 Å². The number of ether oxygens (including phenoxy) is 2. The normalized spacial score (nSPS) is 21.5. The van der Waals surface area contributed by atoms with Gasteiger partial charge in [0.05, 0.1) is 12.8 Å². The average Bonchev–Trinajstić information content (AvgIpc) is 2.74. The standard InChI is InChI=1S/C22H20N2O2S/c1-22(19-10-6-7-15-23-19)20(26-18-8-4-3-5-9-18)21(27)24(22)16-11-13-17(25-2)14-12-16/h3-15,20H,1-2H3. The van der Waals surface area contributed by atoms with Crippen LogP contribution in [0.5, 0.6) is 11.5 Å². The average molecular weight is 376 g/mol. The predicted molar refractivity (Wildman–Crippen MR) is 111 cm³/mol. The van der Waals surface area contributed by atoms with E-state index in [-0.39, 0.29) is 6.10 Å².